The summed E-state index contributed by atoms with van der Waals surface area (Å²) < 4.78 is 1.60. The van der Waals surface area contributed by atoms with Crippen LogP contribution in [0.4, 0.5) is 0 Å². The molecule has 2 fully saturated rings. The van der Waals surface area contributed by atoms with Gasteiger partial charge in [-0.2, -0.15) is 5.10 Å². The summed E-state index contributed by atoms with van der Waals surface area (Å²) in [5, 5.41) is 14.5. The van der Waals surface area contributed by atoms with E-state index in [-0.39, 0.29) is 11.9 Å². The van der Waals surface area contributed by atoms with Gasteiger partial charge >= 0.3 is 5.97 Å². The Kier molecular flexibility index (Phi) is 4.44. The molecule has 1 aromatic carbocycles. The molecule has 7 heteroatoms. The van der Waals surface area contributed by atoms with Crippen molar-refractivity contribution < 1.29 is 14.7 Å². The maximum absolute atomic E-state index is 13.1. The molecule has 1 aliphatic heterocycles. The molecule has 1 saturated heterocycles. The summed E-state index contributed by atoms with van der Waals surface area (Å²) in [7, 11) is 0. The first-order chi connectivity index (χ1) is 12.5. The molecule has 26 heavy (non-hydrogen) atoms. The van der Waals surface area contributed by atoms with Gasteiger partial charge in [-0.25, -0.2) is 9.48 Å². The largest absolute Gasteiger partial charge is 0.480 e. The summed E-state index contributed by atoms with van der Waals surface area (Å²) in [6.07, 6.45) is 7.75. The summed E-state index contributed by atoms with van der Waals surface area (Å²) in [5.74, 6) is -0.870. The molecule has 6 nitrogen and oxygen atoms in total. The molecule has 0 radical (unpaired) electrons. The Labute approximate surface area is 156 Å². The number of carboxylic acids is 1. The van der Waals surface area contributed by atoms with Crippen molar-refractivity contribution in [1.82, 2.24) is 14.7 Å². The van der Waals surface area contributed by atoms with Gasteiger partial charge in [0.2, 0.25) is 0 Å². The number of hydrogen-bond donors (Lipinski definition) is 1. The minimum Gasteiger partial charge on any atom is -0.480 e. The molecule has 2 aliphatic rings. The molecule has 1 aromatic heterocycles. The van der Waals surface area contributed by atoms with Gasteiger partial charge in [0.25, 0.3) is 5.91 Å². The third kappa shape index (κ3) is 2.98. The van der Waals surface area contributed by atoms with Gasteiger partial charge in [-0.15, -0.1) is 0 Å². The number of halogens is 1. The maximum atomic E-state index is 13.1. The van der Waals surface area contributed by atoms with Crippen LogP contribution in [0, 0.1) is 5.92 Å². The van der Waals surface area contributed by atoms with Crippen molar-refractivity contribution in [3.05, 3.63) is 47.2 Å². The Morgan fingerprint density at radius 2 is 1.88 bits per heavy atom. The van der Waals surface area contributed by atoms with E-state index in [1.54, 1.807) is 27.9 Å². The van der Waals surface area contributed by atoms with Gasteiger partial charge in [0.15, 0.2) is 0 Å². The first-order valence-corrected chi connectivity index (χ1v) is 9.28. The summed E-state index contributed by atoms with van der Waals surface area (Å²) in [4.78, 5) is 26.4. The molecule has 3 atom stereocenters. The van der Waals surface area contributed by atoms with Gasteiger partial charge in [-0.1, -0.05) is 24.4 Å². The van der Waals surface area contributed by atoms with Crippen LogP contribution in [0.5, 0.6) is 0 Å². The van der Waals surface area contributed by atoms with Crippen LogP contribution in [0.3, 0.4) is 0 Å². The van der Waals surface area contributed by atoms with Crippen molar-refractivity contribution in [1.29, 1.82) is 0 Å². The highest BCUT2D eigenvalue weighted by atomic mass is 35.5. The Bertz CT molecular complexity index is 833. The third-order valence-electron chi connectivity index (χ3n) is 5.53. The second-order valence-electron chi connectivity index (χ2n) is 7.06. The van der Waals surface area contributed by atoms with Crippen LogP contribution in [0.2, 0.25) is 5.02 Å². The Balaban J connectivity index is 1.61. The fourth-order valence-electron chi connectivity index (χ4n) is 4.29. The minimum atomic E-state index is -0.919. The van der Waals surface area contributed by atoms with E-state index in [2.05, 4.69) is 5.10 Å². The molecule has 1 N–H and O–H groups in total. The molecule has 4 rings (SSSR count). The van der Waals surface area contributed by atoms with Crippen LogP contribution in [0.1, 0.15) is 42.5 Å². The van der Waals surface area contributed by atoms with Gasteiger partial charge in [0, 0.05) is 17.3 Å². The SMILES string of the molecule is O=C(O)C1CC2CCCCC2N1C(=O)c1cnn(-c2ccc(Cl)cc2)c1. The molecule has 1 amide bonds. The number of carbonyl (C=O) groups excluding carboxylic acids is 1. The number of carboxylic acid groups (broad SMARTS) is 1. The maximum Gasteiger partial charge on any atom is 0.326 e. The zero-order valence-corrected chi connectivity index (χ0v) is 15.0. The highest BCUT2D eigenvalue weighted by Gasteiger charge is 2.47. The van der Waals surface area contributed by atoms with E-state index in [1.165, 1.54) is 6.20 Å². The molecule has 136 valence electrons. The van der Waals surface area contributed by atoms with Crippen LogP contribution >= 0.6 is 11.6 Å². The molecule has 0 bridgehead atoms. The number of nitrogens with zero attached hydrogens (tertiary/aromatic N) is 3. The molecule has 1 aliphatic carbocycles. The third-order valence-corrected chi connectivity index (χ3v) is 5.78. The second kappa shape index (κ2) is 6.76. The predicted octanol–water partition coefficient (Wildman–Crippen LogP) is 3.38. The van der Waals surface area contributed by atoms with E-state index in [4.69, 9.17) is 11.6 Å². The van der Waals surface area contributed by atoms with E-state index in [0.29, 0.717) is 22.9 Å². The van der Waals surface area contributed by atoms with Crippen LogP contribution in [0.15, 0.2) is 36.7 Å². The smallest absolute Gasteiger partial charge is 0.326 e. The van der Waals surface area contributed by atoms with Crippen LogP contribution in [-0.4, -0.2) is 43.7 Å². The first kappa shape index (κ1) is 17.1. The van der Waals surface area contributed by atoms with Crippen LogP contribution in [-0.2, 0) is 4.79 Å². The fraction of sp³-hybridized carbons (Fsp3) is 0.421. The molecule has 3 unspecified atom stereocenters. The average molecular weight is 374 g/mol. The number of likely N-dealkylation sites (tertiary alicyclic amines) is 1. The number of fused-ring (bicyclic) bond motifs is 1. The van der Waals surface area contributed by atoms with E-state index in [1.807, 2.05) is 12.1 Å². The topological polar surface area (TPSA) is 75.4 Å². The van der Waals surface area contributed by atoms with Crippen molar-refractivity contribution >= 4 is 23.5 Å². The van der Waals surface area contributed by atoms with Gasteiger partial charge in [-0.05, 0) is 49.4 Å². The number of aliphatic carboxylic acids is 1. The van der Waals surface area contributed by atoms with Crippen LogP contribution in [0.25, 0.3) is 5.69 Å². The molecular weight excluding hydrogens is 354 g/mol. The minimum absolute atomic E-state index is 0.0243. The predicted molar refractivity (Wildman–Crippen MR) is 96.5 cm³/mol. The molecule has 2 aromatic rings. The summed E-state index contributed by atoms with van der Waals surface area (Å²) in [6, 6.07) is 6.43. The van der Waals surface area contributed by atoms with Gasteiger partial charge in [-0.3, -0.25) is 4.79 Å². The van der Waals surface area contributed by atoms with Gasteiger partial charge in [0.1, 0.15) is 6.04 Å². The van der Waals surface area contributed by atoms with Crippen LogP contribution < -0.4 is 0 Å². The summed E-state index contributed by atoms with van der Waals surface area (Å²) in [6.45, 7) is 0. The van der Waals surface area contributed by atoms with Gasteiger partial charge in [0.05, 0.1) is 17.4 Å². The Morgan fingerprint density at radius 1 is 1.15 bits per heavy atom. The van der Waals surface area contributed by atoms with E-state index in [0.717, 1.165) is 31.4 Å². The molecule has 2 heterocycles. The quantitative estimate of drug-likeness (QED) is 0.894. The lowest BCUT2D eigenvalue weighted by Crippen LogP contribution is -2.46. The van der Waals surface area contributed by atoms with E-state index >= 15 is 0 Å². The number of benzene rings is 1. The standard InChI is InChI=1S/C19H20ClN3O3/c20-14-5-7-15(8-6-14)22-11-13(10-21-22)18(24)23-16-4-2-1-3-12(16)9-17(23)19(25)26/h5-8,10-12,16-17H,1-4,9H2,(H,25,26). The Hall–Kier alpha value is -2.34. The van der Waals surface area contributed by atoms with Crippen molar-refractivity contribution in [3.8, 4) is 5.69 Å². The monoisotopic (exact) mass is 373 g/mol. The second-order valence-corrected chi connectivity index (χ2v) is 7.50. The van der Waals surface area contributed by atoms with Crippen molar-refractivity contribution in [2.75, 3.05) is 0 Å². The summed E-state index contributed by atoms with van der Waals surface area (Å²) >= 11 is 5.91. The first-order valence-electron chi connectivity index (χ1n) is 8.90. The normalized spacial score (nSPS) is 25.1. The van der Waals surface area contributed by atoms with Crippen molar-refractivity contribution in [3.63, 3.8) is 0 Å². The zero-order valence-electron chi connectivity index (χ0n) is 14.2. The van der Waals surface area contributed by atoms with Gasteiger partial charge < -0.3 is 10.0 Å². The fourth-order valence-corrected chi connectivity index (χ4v) is 4.42. The van der Waals surface area contributed by atoms with Crippen molar-refractivity contribution in [2.45, 2.75) is 44.2 Å². The molecule has 1 saturated carbocycles. The molecular formula is C19H20ClN3O3. The Morgan fingerprint density at radius 3 is 2.62 bits per heavy atom. The lowest BCUT2D eigenvalue weighted by molar-refractivity contribution is -0.141. The zero-order chi connectivity index (χ0) is 18.3. The van der Waals surface area contributed by atoms with Crippen molar-refractivity contribution in [2.24, 2.45) is 5.92 Å². The van der Waals surface area contributed by atoms with E-state index in [9.17, 15) is 14.7 Å². The number of aromatic nitrogens is 2. The number of amides is 1. The molecule has 0 spiro atoms. The lowest BCUT2D eigenvalue weighted by atomic mass is 9.84. The lowest BCUT2D eigenvalue weighted by Gasteiger charge is -2.32. The number of carbonyl (C=O) groups is 2. The number of hydrogen-bond acceptors (Lipinski definition) is 3. The number of rotatable bonds is 3. The average Bonchev–Trinajstić information content (AvgIpc) is 3.27. The summed E-state index contributed by atoms with van der Waals surface area (Å²) in [5.41, 5.74) is 1.21. The highest BCUT2D eigenvalue weighted by Crippen LogP contribution is 2.40. The van der Waals surface area contributed by atoms with E-state index < -0.39 is 12.0 Å². The highest BCUT2D eigenvalue weighted by molar-refractivity contribution is 6.30.